The van der Waals surface area contributed by atoms with E-state index in [2.05, 4.69) is 5.32 Å². The molecule has 0 aliphatic carbocycles. The molecule has 0 saturated heterocycles. The fraction of sp³-hybridized carbons (Fsp3) is 0.385. The molecule has 1 atom stereocenters. The lowest BCUT2D eigenvalue weighted by atomic mass is 10.1. The first kappa shape index (κ1) is 15.3. The maximum atomic E-state index is 12.3. The normalized spacial score (nSPS) is 11.8. The monoisotopic (exact) mass is 283 g/mol. The minimum Gasteiger partial charge on any atom is -0.398 e. The van der Waals surface area contributed by atoms with E-state index < -0.39 is 0 Å². The number of amides is 2. The summed E-state index contributed by atoms with van der Waals surface area (Å²) in [6.07, 6.45) is 0. The molecule has 1 aromatic carbocycles. The van der Waals surface area contributed by atoms with Gasteiger partial charge in [-0.3, -0.25) is 9.59 Å². The minimum atomic E-state index is -0.303. The molecule has 0 radical (unpaired) electrons. The van der Waals surface area contributed by atoms with Crippen molar-refractivity contribution in [3.8, 4) is 0 Å². The van der Waals surface area contributed by atoms with Gasteiger partial charge >= 0.3 is 0 Å². The Morgan fingerprint density at radius 3 is 2.63 bits per heavy atom. The molecule has 19 heavy (non-hydrogen) atoms. The van der Waals surface area contributed by atoms with Gasteiger partial charge in [-0.1, -0.05) is 24.6 Å². The van der Waals surface area contributed by atoms with Gasteiger partial charge in [-0.25, -0.2) is 0 Å². The number of nitrogen functional groups attached to an aromatic ring is 1. The Morgan fingerprint density at radius 1 is 1.47 bits per heavy atom. The molecular weight excluding hydrogens is 266 g/mol. The zero-order valence-corrected chi connectivity index (χ0v) is 12.0. The van der Waals surface area contributed by atoms with Crippen LogP contribution in [0.5, 0.6) is 0 Å². The number of hydrogen-bond acceptors (Lipinski definition) is 3. The van der Waals surface area contributed by atoms with Crippen molar-refractivity contribution in [3.05, 3.63) is 28.8 Å². The van der Waals surface area contributed by atoms with Gasteiger partial charge in [0.05, 0.1) is 16.5 Å². The fourth-order valence-corrected chi connectivity index (χ4v) is 2.04. The molecule has 6 heteroatoms. The van der Waals surface area contributed by atoms with Gasteiger partial charge in [0, 0.05) is 26.3 Å². The standard InChI is InChI=1S/C13H18ClN3O2/c1-8(12(18)16-2)7-17(3)13(19)11-9(14)5-4-6-10(11)15/h4-6,8H,7,15H2,1-3H3,(H,16,18). The number of halogens is 1. The SMILES string of the molecule is CNC(=O)C(C)CN(C)C(=O)c1c(N)cccc1Cl. The number of hydrogen-bond donors (Lipinski definition) is 2. The third-order valence-corrected chi connectivity index (χ3v) is 3.16. The zero-order valence-electron chi connectivity index (χ0n) is 11.2. The van der Waals surface area contributed by atoms with Crippen LogP contribution in [0.2, 0.25) is 5.02 Å². The lowest BCUT2D eigenvalue weighted by Crippen LogP contribution is -2.37. The summed E-state index contributed by atoms with van der Waals surface area (Å²) in [5.41, 5.74) is 6.37. The van der Waals surface area contributed by atoms with Crippen molar-refractivity contribution in [2.24, 2.45) is 5.92 Å². The van der Waals surface area contributed by atoms with E-state index in [1.165, 1.54) is 4.90 Å². The molecule has 0 spiro atoms. The van der Waals surface area contributed by atoms with Crippen molar-refractivity contribution in [2.75, 3.05) is 26.4 Å². The van der Waals surface area contributed by atoms with Crippen LogP contribution in [-0.2, 0) is 4.79 Å². The summed E-state index contributed by atoms with van der Waals surface area (Å²) in [5.74, 6) is -0.715. The maximum Gasteiger partial charge on any atom is 0.257 e. The van der Waals surface area contributed by atoms with Gasteiger partial charge in [-0.2, -0.15) is 0 Å². The van der Waals surface area contributed by atoms with Crippen LogP contribution in [0.1, 0.15) is 17.3 Å². The maximum absolute atomic E-state index is 12.3. The van der Waals surface area contributed by atoms with Crippen LogP contribution in [0.15, 0.2) is 18.2 Å². The summed E-state index contributed by atoms with van der Waals surface area (Å²) in [7, 11) is 3.18. The number of carbonyl (C=O) groups is 2. The number of nitrogens with two attached hydrogens (primary N) is 1. The Morgan fingerprint density at radius 2 is 2.11 bits per heavy atom. The highest BCUT2D eigenvalue weighted by Crippen LogP contribution is 2.23. The predicted molar refractivity (Wildman–Crippen MR) is 76.1 cm³/mol. The summed E-state index contributed by atoms with van der Waals surface area (Å²) in [5, 5.41) is 2.85. The second-order valence-electron chi connectivity index (χ2n) is 4.41. The molecule has 5 nitrogen and oxygen atoms in total. The van der Waals surface area contributed by atoms with Crippen molar-refractivity contribution >= 4 is 29.1 Å². The molecule has 0 aromatic heterocycles. The summed E-state index contributed by atoms with van der Waals surface area (Å²) >= 11 is 5.99. The Bertz CT molecular complexity index is 471. The van der Waals surface area contributed by atoms with E-state index in [1.54, 1.807) is 39.2 Å². The molecule has 1 rings (SSSR count). The van der Waals surface area contributed by atoms with Gasteiger partial charge in [0.25, 0.3) is 5.91 Å². The second kappa shape index (κ2) is 6.43. The molecule has 0 heterocycles. The number of nitrogens with one attached hydrogen (secondary N) is 1. The molecule has 0 fully saturated rings. The third-order valence-electron chi connectivity index (χ3n) is 2.85. The summed E-state index contributed by atoms with van der Waals surface area (Å²) < 4.78 is 0. The molecule has 1 aromatic rings. The topological polar surface area (TPSA) is 75.4 Å². The van der Waals surface area contributed by atoms with E-state index in [-0.39, 0.29) is 23.3 Å². The Hall–Kier alpha value is -1.75. The molecule has 0 aliphatic heterocycles. The van der Waals surface area contributed by atoms with Crippen LogP contribution >= 0.6 is 11.6 Å². The highest BCUT2D eigenvalue weighted by atomic mass is 35.5. The average molecular weight is 284 g/mol. The number of carbonyl (C=O) groups excluding carboxylic acids is 2. The quantitative estimate of drug-likeness (QED) is 0.820. The van der Waals surface area contributed by atoms with E-state index in [0.717, 1.165) is 0 Å². The number of rotatable bonds is 4. The molecule has 3 N–H and O–H groups in total. The van der Waals surface area contributed by atoms with Gasteiger partial charge < -0.3 is 16.0 Å². The molecule has 2 amide bonds. The van der Waals surface area contributed by atoms with E-state index in [1.807, 2.05) is 0 Å². The van der Waals surface area contributed by atoms with Crippen LogP contribution in [0, 0.1) is 5.92 Å². The highest BCUT2D eigenvalue weighted by molar-refractivity contribution is 6.34. The molecular formula is C13H18ClN3O2. The average Bonchev–Trinajstić information content (AvgIpc) is 2.37. The van der Waals surface area contributed by atoms with E-state index >= 15 is 0 Å². The molecule has 104 valence electrons. The third kappa shape index (κ3) is 3.61. The molecule has 1 unspecified atom stereocenters. The van der Waals surface area contributed by atoms with Crippen LogP contribution in [-0.4, -0.2) is 37.4 Å². The Labute approximate surface area is 117 Å². The largest absolute Gasteiger partial charge is 0.398 e. The Balaban J connectivity index is 2.86. The first-order valence-corrected chi connectivity index (χ1v) is 6.27. The Kier molecular flexibility index (Phi) is 5.18. The number of anilines is 1. The van der Waals surface area contributed by atoms with Crippen LogP contribution in [0.4, 0.5) is 5.69 Å². The molecule has 0 saturated carbocycles. The predicted octanol–water partition coefficient (Wildman–Crippen LogP) is 1.38. The van der Waals surface area contributed by atoms with Gasteiger partial charge in [-0.05, 0) is 12.1 Å². The van der Waals surface area contributed by atoms with E-state index in [0.29, 0.717) is 17.3 Å². The summed E-state index contributed by atoms with van der Waals surface area (Å²) in [6.45, 7) is 2.04. The number of nitrogens with zero attached hydrogens (tertiary/aromatic N) is 1. The van der Waals surface area contributed by atoms with Crippen LogP contribution in [0.25, 0.3) is 0 Å². The molecule has 0 bridgehead atoms. The van der Waals surface area contributed by atoms with Crippen molar-refractivity contribution in [3.63, 3.8) is 0 Å². The molecule has 0 aliphatic rings. The summed E-state index contributed by atoms with van der Waals surface area (Å²) in [6, 6.07) is 4.91. The first-order valence-electron chi connectivity index (χ1n) is 5.89. The summed E-state index contributed by atoms with van der Waals surface area (Å²) in [4.78, 5) is 25.1. The smallest absolute Gasteiger partial charge is 0.257 e. The first-order chi connectivity index (χ1) is 8.88. The minimum absolute atomic E-state index is 0.119. The van der Waals surface area contributed by atoms with Crippen molar-refractivity contribution in [2.45, 2.75) is 6.92 Å². The van der Waals surface area contributed by atoms with Crippen LogP contribution in [0.3, 0.4) is 0 Å². The zero-order chi connectivity index (χ0) is 14.6. The van der Waals surface area contributed by atoms with Gasteiger partial charge in [0.15, 0.2) is 0 Å². The fourth-order valence-electron chi connectivity index (χ4n) is 1.78. The second-order valence-corrected chi connectivity index (χ2v) is 4.81. The van der Waals surface area contributed by atoms with Gasteiger partial charge in [0.2, 0.25) is 5.91 Å². The lowest BCUT2D eigenvalue weighted by Gasteiger charge is -2.22. The van der Waals surface area contributed by atoms with Crippen molar-refractivity contribution in [1.29, 1.82) is 0 Å². The van der Waals surface area contributed by atoms with Crippen molar-refractivity contribution < 1.29 is 9.59 Å². The van der Waals surface area contributed by atoms with Gasteiger partial charge in [0.1, 0.15) is 0 Å². The lowest BCUT2D eigenvalue weighted by molar-refractivity contribution is -0.124. The van der Waals surface area contributed by atoms with Crippen LogP contribution < -0.4 is 11.1 Å². The highest BCUT2D eigenvalue weighted by Gasteiger charge is 2.21. The number of benzene rings is 1. The van der Waals surface area contributed by atoms with E-state index in [4.69, 9.17) is 17.3 Å². The van der Waals surface area contributed by atoms with E-state index in [9.17, 15) is 9.59 Å². The van der Waals surface area contributed by atoms with Crippen molar-refractivity contribution in [1.82, 2.24) is 10.2 Å². The van der Waals surface area contributed by atoms with Gasteiger partial charge in [-0.15, -0.1) is 0 Å².